The zero-order valence-electron chi connectivity index (χ0n) is 25.6. The normalized spacial score (nSPS) is 22.0. The highest BCUT2D eigenvalue weighted by molar-refractivity contribution is 5.91. The minimum Gasteiger partial charge on any atom is -0.462 e. The van der Waals surface area contributed by atoms with Crippen LogP contribution in [0.3, 0.4) is 0 Å². The lowest BCUT2D eigenvalue weighted by Gasteiger charge is -2.42. The van der Waals surface area contributed by atoms with Crippen LogP contribution in [-0.2, 0) is 24.2 Å². The number of halogens is 2. The number of anilines is 3. The molecule has 6 rings (SSSR count). The molecule has 0 bridgehead atoms. The van der Waals surface area contributed by atoms with E-state index in [0.29, 0.717) is 50.7 Å². The number of aryl methyl sites for hydroxylation is 1. The van der Waals surface area contributed by atoms with Gasteiger partial charge in [-0.2, -0.15) is 15.2 Å². The Kier molecular flexibility index (Phi) is 8.58. The number of benzene rings is 1. The second-order valence-electron chi connectivity index (χ2n) is 12.3. The Balaban J connectivity index is 1.34. The Hall–Kier alpha value is -3.98. The number of piperazine rings is 1. The molecule has 2 atom stereocenters. The summed E-state index contributed by atoms with van der Waals surface area (Å²) in [5.74, 6) is -1.36. The van der Waals surface area contributed by atoms with Crippen LogP contribution in [0, 0.1) is 17.1 Å². The lowest BCUT2D eigenvalue weighted by molar-refractivity contribution is -0.131. The van der Waals surface area contributed by atoms with Gasteiger partial charge in [-0.15, -0.1) is 0 Å². The number of aromatic nitrogens is 2. The average molecular weight is 607 g/mol. The molecule has 234 valence electrons. The second-order valence-corrected chi connectivity index (χ2v) is 12.3. The van der Waals surface area contributed by atoms with Gasteiger partial charge in [0.25, 0.3) is 5.91 Å². The number of likely N-dealkylation sites (N-methyl/N-ethyl adjacent to an activating group) is 1. The second kappa shape index (κ2) is 12.6. The third kappa shape index (κ3) is 5.77. The molecule has 44 heavy (non-hydrogen) atoms. The van der Waals surface area contributed by atoms with Crippen molar-refractivity contribution in [2.45, 2.75) is 57.2 Å². The van der Waals surface area contributed by atoms with Gasteiger partial charge in [-0.05, 0) is 57.3 Å². The molecular weight excluding hydrogens is 566 g/mol. The van der Waals surface area contributed by atoms with Gasteiger partial charge in [0.15, 0.2) is 5.83 Å². The van der Waals surface area contributed by atoms with Gasteiger partial charge in [0, 0.05) is 51.4 Å². The maximum absolute atomic E-state index is 15.5. The maximum atomic E-state index is 15.5. The molecule has 0 aliphatic carbocycles. The van der Waals surface area contributed by atoms with E-state index in [1.54, 1.807) is 6.07 Å². The van der Waals surface area contributed by atoms with Crippen molar-refractivity contribution < 1.29 is 18.3 Å². The number of nitriles is 1. The van der Waals surface area contributed by atoms with Crippen LogP contribution >= 0.6 is 0 Å². The molecule has 5 heterocycles. The number of hydrogen-bond donors (Lipinski definition) is 0. The van der Waals surface area contributed by atoms with E-state index in [4.69, 9.17) is 14.7 Å². The number of nitrogens with zero attached hydrogens (tertiary/aromatic N) is 8. The van der Waals surface area contributed by atoms with Crippen LogP contribution in [0.1, 0.15) is 42.5 Å². The molecule has 0 spiro atoms. The molecule has 0 N–H and O–H groups in total. The predicted molar refractivity (Wildman–Crippen MR) is 164 cm³/mol. The minimum absolute atomic E-state index is 0.0554. The van der Waals surface area contributed by atoms with Gasteiger partial charge in [-0.1, -0.05) is 12.6 Å². The van der Waals surface area contributed by atoms with Crippen molar-refractivity contribution in [3.8, 4) is 12.1 Å². The Morgan fingerprint density at radius 1 is 1.07 bits per heavy atom. The largest absolute Gasteiger partial charge is 0.462 e. The zero-order chi connectivity index (χ0) is 31.0. The molecule has 2 aromatic rings. The summed E-state index contributed by atoms with van der Waals surface area (Å²) in [6.45, 7) is 7.46. The van der Waals surface area contributed by atoms with Gasteiger partial charge < -0.3 is 29.2 Å². The highest BCUT2D eigenvalue weighted by Crippen LogP contribution is 2.41. The van der Waals surface area contributed by atoms with Crippen molar-refractivity contribution in [1.29, 1.82) is 5.26 Å². The van der Waals surface area contributed by atoms with Crippen LogP contribution in [0.5, 0.6) is 6.01 Å². The third-order valence-corrected chi connectivity index (χ3v) is 9.52. The Morgan fingerprint density at radius 2 is 1.91 bits per heavy atom. The molecule has 4 aliphatic heterocycles. The first-order valence-electron chi connectivity index (χ1n) is 15.5. The van der Waals surface area contributed by atoms with Gasteiger partial charge in [-0.25, -0.2) is 8.78 Å². The predicted octanol–water partition coefficient (Wildman–Crippen LogP) is 3.45. The summed E-state index contributed by atoms with van der Waals surface area (Å²) >= 11 is 0. The van der Waals surface area contributed by atoms with E-state index >= 15 is 4.39 Å². The van der Waals surface area contributed by atoms with Gasteiger partial charge in [0.2, 0.25) is 0 Å². The monoisotopic (exact) mass is 606 g/mol. The fourth-order valence-electron chi connectivity index (χ4n) is 7.16. The lowest BCUT2D eigenvalue weighted by Crippen LogP contribution is -2.55. The van der Waals surface area contributed by atoms with Crippen LogP contribution in [0.4, 0.5) is 26.0 Å². The van der Waals surface area contributed by atoms with E-state index in [1.165, 1.54) is 4.90 Å². The van der Waals surface area contributed by atoms with Crippen LogP contribution in [0.2, 0.25) is 0 Å². The van der Waals surface area contributed by atoms with Gasteiger partial charge in [0.05, 0.1) is 42.1 Å². The molecule has 2 saturated heterocycles. The van der Waals surface area contributed by atoms with Crippen molar-refractivity contribution >= 4 is 23.1 Å². The van der Waals surface area contributed by atoms with E-state index in [2.05, 4.69) is 39.3 Å². The van der Waals surface area contributed by atoms with Gasteiger partial charge in [0.1, 0.15) is 18.2 Å². The summed E-state index contributed by atoms with van der Waals surface area (Å²) in [5, 5.41) is 9.50. The van der Waals surface area contributed by atoms with Gasteiger partial charge >= 0.3 is 6.01 Å². The molecule has 0 radical (unpaired) electrons. The fraction of sp³-hybridized carbons (Fsp3) is 0.562. The summed E-state index contributed by atoms with van der Waals surface area (Å²) in [6.07, 6.45) is 4.76. The molecule has 0 saturated carbocycles. The van der Waals surface area contributed by atoms with Crippen molar-refractivity contribution in [1.82, 2.24) is 19.8 Å². The molecule has 2 fully saturated rings. The highest BCUT2D eigenvalue weighted by Gasteiger charge is 2.36. The topological polar surface area (TPSA) is 92.1 Å². The quantitative estimate of drug-likeness (QED) is 0.440. The van der Waals surface area contributed by atoms with Crippen LogP contribution < -0.4 is 19.4 Å². The average Bonchev–Trinajstić information content (AvgIpc) is 3.43. The van der Waals surface area contributed by atoms with Crippen LogP contribution in [0.25, 0.3) is 0 Å². The maximum Gasteiger partial charge on any atom is 0.318 e. The summed E-state index contributed by atoms with van der Waals surface area (Å²) in [4.78, 5) is 32.2. The first-order chi connectivity index (χ1) is 21.2. The van der Waals surface area contributed by atoms with E-state index in [9.17, 15) is 14.4 Å². The van der Waals surface area contributed by atoms with E-state index in [1.807, 2.05) is 13.1 Å². The summed E-state index contributed by atoms with van der Waals surface area (Å²) in [7, 11) is 4.11. The summed E-state index contributed by atoms with van der Waals surface area (Å²) in [6, 6.07) is 5.63. The zero-order valence-corrected chi connectivity index (χ0v) is 25.6. The van der Waals surface area contributed by atoms with Crippen molar-refractivity contribution in [3.05, 3.63) is 47.2 Å². The van der Waals surface area contributed by atoms with Crippen molar-refractivity contribution in [2.24, 2.45) is 0 Å². The van der Waals surface area contributed by atoms with Gasteiger partial charge in [-0.3, -0.25) is 4.79 Å². The Labute approximate surface area is 257 Å². The molecule has 0 unspecified atom stereocenters. The summed E-state index contributed by atoms with van der Waals surface area (Å²) in [5.41, 5.74) is 4.44. The fourth-order valence-corrected chi connectivity index (χ4v) is 7.16. The Morgan fingerprint density at radius 3 is 2.66 bits per heavy atom. The van der Waals surface area contributed by atoms with Crippen LogP contribution in [-0.4, -0.2) is 97.7 Å². The Bertz CT molecular complexity index is 1480. The minimum atomic E-state index is -1.03. The SMILES string of the molecule is C=C(F)C(=O)N1CCN(c2nc(OC[C@@H]3CCCN3C)nc3c2CCN(c2c(F)ccc4c2N(C)CCC4)C3)C[C@@H]1CC#N. The van der Waals surface area contributed by atoms with E-state index in [-0.39, 0.29) is 30.8 Å². The van der Waals surface area contributed by atoms with E-state index in [0.717, 1.165) is 61.3 Å². The van der Waals surface area contributed by atoms with Crippen LogP contribution in [0.15, 0.2) is 24.5 Å². The molecular formula is C32H40F2N8O2. The van der Waals surface area contributed by atoms with Crippen molar-refractivity contribution in [2.75, 3.05) is 74.7 Å². The first kappa shape index (κ1) is 30.1. The number of ether oxygens (including phenoxy) is 1. The molecule has 1 aromatic heterocycles. The number of carbonyl (C=O) groups is 1. The molecule has 10 nitrogen and oxygen atoms in total. The molecule has 4 aliphatic rings. The third-order valence-electron chi connectivity index (χ3n) is 9.52. The molecule has 1 aromatic carbocycles. The number of likely N-dealkylation sites (tertiary alicyclic amines) is 1. The lowest BCUT2D eigenvalue weighted by atomic mass is 9.98. The first-order valence-corrected chi connectivity index (χ1v) is 15.5. The number of rotatable bonds is 7. The number of carbonyl (C=O) groups excluding carboxylic acids is 1. The molecule has 1 amide bonds. The highest BCUT2D eigenvalue weighted by atomic mass is 19.1. The standard InChI is InChI=1S/C32H40F2N8O2/c1-21(33)31(43)42-17-16-41(18-23(42)10-12-35)30-25-11-15-40(29-26(34)9-8-22-6-4-14-39(3)28(22)29)19-27(25)36-32(37-30)44-20-24-7-5-13-38(24)2/h8-9,23-24H,1,4-7,10-11,13-20H2,2-3H3/t23-,24-/m0/s1. The van der Waals surface area contributed by atoms with E-state index < -0.39 is 17.8 Å². The molecule has 12 heteroatoms. The summed E-state index contributed by atoms with van der Waals surface area (Å²) < 4.78 is 35.6. The smallest absolute Gasteiger partial charge is 0.318 e. The number of hydrogen-bond acceptors (Lipinski definition) is 9. The number of amides is 1. The number of fused-ring (bicyclic) bond motifs is 2. The van der Waals surface area contributed by atoms with Crippen molar-refractivity contribution in [3.63, 3.8) is 0 Å².